The van der Waals surface area contributed by atoms with Gasteiger partial charge in [-0.05, 0) is 42.5 Å². The van der Waals surface area contributed by atoms with Gasteiger partial charge in [-0.2, -0.15) is 0 Å². The van der Waals surface area contributed by atoms with Crippen molar-refractivity contribution < 1.29 is 9.90 Å². The highest BCUT2D eigenvalue weighted by Crippen LogP contribution is 2.25. The number of aliphatic hydroxyl groups excluding tert-OH is 1. The van der Waals surface area contributed by atoms with E-state index in [1.165, 1.54) is 16.3 Å². The summed E-state index contributed by atoms with van der Waals surface area (Å²) in [6.45, 7) is 2.86. The fourth-order valence-electron chi connectivity index (χ4n) is 3.19. The highest BCUT2D eigenvalue weighted by atomic mass is 32.1. The van der Waals surface area contributed by atoms with Crippen molar-refractivity contribution in [3.05, 3.63) is 63.6 Å². The fraction of sp³-hybridized carbons (Fsp3) is 0.364. The van der Waals surface area contributed by atoms with Gasteiger partial charge < -0.3 is 10.4 Å². The number of amides is 1. The summed E-state index contributed by atoms with van der Waals surface area (Å²) in [4.78, 5) is 17.9. The smallest absolute Gasteiger partial charge is 0.225 e. The number of aryl methyl sites for hydroxylation is 1. The summed E-state index contributed by atoms with van der Waals surface area (Å²) in [6.07, 6.45) is 3.81. The number of fused-ring (bicyclic) bond motifs is 1. The van der Waals surface area contributed by atoms with E-state index in [0.717, 1.165) is 41.3 Å². The van der Waals surface area contributed by atoms with Crippen LogP contribution in [0.15, 0.2) is 42.5 Å². The summed E-state index contributed by atoms with van der Waals surface area (Å²) in [7, 11) is 0. The Labute approximate surface area is 164 Å². The monoisotopic (exact) mass is 382 g/mol. The number of nitrogens with one attached hydrogen (secondary N) is 1. The number of hydrogen-bond donors (Lipinski definition) is 2. The second-order valence-corrected chi connectivity index (χ2v) is 7.91. The predicted molar refractivity (Wildman–Crippen MR) is 111 cm³/mol. The molecule has 0 aliphatic carbocycles. The minimum absolute atomic E-state index is 0.0439. The Morgan fingerprint density at radius 1 is 1.11 bits per heavy atom. The number of carbonyl (C=O) groups is 1. The second-order valence-electron chi connectivity index (χ2n) is 6.74. The molecule has 27 heavy (non-hydrogen) atoms. The molecule has 3 rings (SSSR count). The van der Waals surface area contributed by atoms with Crippen LogP contribution in [0.4, 0.5) is 0 Å². The lowest BCUT2D eigenvalue weighted by Crippen LogP contribution is -2.26. The molecule has 0 atom stereocenters. The summed E-state index contributed by atoms with van der Waals surface area (Å²) in [5.74, 6) is 0.0439. The molecule has 1 amide bonds. The Hall–Kier alpha value is -2.24. The maximum absolute atomic E-state index is 12.2. The predicted octanol–water partition coefficient (Wildman–Crippen LogP) is 4.02. The molecule has 142 valence electrons. The first kappa shape index (κ1) is 19.5. The van der Waals surface area contributed by atoms with E-state index in [9.17, 15) is 4.79 Å². The lowest BCUT2D eigenvalue weighted by molar-refractivity contribution is -0.120. The van der Waals surface area contributed by atoms with Gasteiger partial charge in [-0.1, -0.05) is 42.5 Å². The van der Waals surface area contributed by atoms with Gasteiger partial charge in [0.25, 0.3) is 0 Å². The molecule has 3 aromatic rings. The van der Waals surface area contributed by atoms with Crippen molar-refractivity contribution in [1.29, 1.82) is 0 Å². The number of aromatic nitrogens is 1. The van der Waals surface area contributed by atoms with Gasteiger partial charge in [0.05, 0.1) is 17.1 Å². The van der Waals surface area contributed by atoms with Crippen LogP contribution in [0.2, 0.25) is 0 Å². The molecular formula is C22H26N2O2S. The third kappa shape index (κ3) is 5.37. The van der Waals surface area contributed by atoms with Crippen molar-refractivity contribution >= 4 is 28.0 Å². The number of carbonyl (C=O) groups excluding carboxylic acids is 1. The van der Waals surface area contributed by atoms with Gasteiger partial charge in [0.1, 0.15) is 0 Å². The molecule has 1 heterocycles. The van der Waals surface area contributed by atoms with Crippen LogP contribution in [0.1, 0.15) is 40.4 Å². The van der Waals surface area contributed by atoms with Crippen LogP contribution in [-0.2, 0) is 17.6 Å². The first-order chi connectivity index (χ1) is 13.2. The van der Waals surface area contributed by atoms with Crippen molar-refractivity contribution in [2.75, 3.05) is 13.2 Å². The summed E-state index contributed by atoms with van der Waals surface area (Å²) in [6, 6.07) is 14.8. The molecule has 0 saturated heterocycles. The zero-order valence-electron chi connectivity index (χ0n) is 15.7. The molecule has 0 bridgehead atoms. The van der Waals surface area contributed by atoms with Gasteiger partial charge in [0, 0.05) is 24.4 Å². The van der Waals surface area contributed by atoms with Crippen LogP contribution < -0.4 is 5.32 Å². The Morgan fingerprint density at radius 2 is 1.93 bits per heavy atom. The molecule has 0 aliphatic rings. The van der Waals surface area contributed by atoms with E-state index >= 15 is 0 Å². The van der Waals surface area contributed by atoms with Crippen LogP contribution in [0.25, 0.3) is 10.8 Å². The van der Waals surface area contributed by atoms with E-state index in [1.807, 2.05) is 6.92 Å². The average molecular weight is 383 g/mol. The molecule has 2 N–H and O–H groups in total. The molecule has 0 fully saturated rings. The molecule has 4 nitrogen and oxygen atoms in total. The number of nitrogens with zero attached hydrogens (tertiary/aromatic N) is 1. The standard InChI is InChI=1S/C22H26N2O2S/c1-16-20(15-21(26)23-12-5-2-6-13-25)27-22(24-16)14-18-10-7-9-17-8-3-4-11-19(17)18/h3-4,7-11,25H,2,5-6,12-15H2,1H3,(H,23,26). The van der Waals surface area contributed by atoms with Crippen molar-refractivity contribution in [3.8, 4) is 0 Å². The Kier molecular flexibility index (Phi) is 6.96. The molecule has 2 aromatic carbocycles. The number of rotatable bonds is 9. The third-order valence-corrected chi connectivity index (χ3v) is 5.79. The normalized spacial score (nSPS) is 11.0. The molecule has 1 aromatic heterocycles. The van der Waals surface area contributed by atoms with Gasteiger partial charge in [0.15, 0.2) is 0 Å². The summed E-state index contributed by atoms with van der Waals surface area (Å²) >= 11 is 1.63. The largest absolute Gasteiger partial charge is 0.396 e. The van der Waals surface area contributed by atoms with Crippen LogP contribution in [0.3, 0.4) is 0 Å². The molecular weight excluding hydrogens is 356 g/mol. The lowest BCUT2D eigenvalue weighted by Gasteiger charge is -2.04. The van der Waals surface area contributed by atoms with Gasteiger partial charge in [0.2, 0.25) is 5.91 Å². The van der Waals surface area contributed by atoms with E-state index in [2.05, 4.69) is 47.8 Å². The maximum atomic E-state index is 12.2. The molecule has 0 aliphatic heterocycles. The maximum Gasteiger partial charge on any atom is 0.225 e. The number of hydrogen-bond acceptors (Lipinski definition) is 4. The van der Waals surface area contributed by atoms with E-state index in [-0.39, 0.29) is 12.5 Å². The zero-order chi connectivity index (χ0) is 19.1. The number of thiazole rings is 1. The van der Waals surface area contributed by atoms with E-state index in [1.54, 1.807) is 11.3 Å². The minimum Gasteiger partial charge on any atom is -0.396 e. The molecule has 0 saturated carbocycles. The van der Waals surface area contributed by atoms with Gasteiger partial charge >= 0.3 is 0 Å². The Balaban J connectivity index is 1.61. The SMILES string of the molecule is Cc1nc(Cc2cccc3ccccc23)sc1CC(=O)NCCCCCO. The summed E-state index contributed by atoms with van der Waals surface area (Å²) < 4.78 is 0. The highest BCUT2D eigenvalue weighted by Gasteiger charge is 2.13. The minimum atomic E-state index is 0.0439. The van der Waals surface area contributed by atoms with Crippen LogP contribution in [0.5, 0.6) is 0 Å². The van der Waals surface area contributed by atoms with Crippen molar-refractivity contribution in [3.63, 3.8) is 0 Å². The lowest BCUT2D eigenvalue weighted by atomic mass is 10.0. The number of aliphatic hydroxyl groups is 1. The number of benzene rings is 2. The molecule has 0 radical (unpaired) electrons. The average Bonchev–Trinajstić information content (AvgIpc) is 3.01. The van der Waals surface area contributed by atoms with Crippen LogP contribution >= 0.6 is 11.3 Å². The Bertz CT molecular complexity index is 899. The summed E-state index contributed by atoms with van der Waals surface area (Å²) in [5.41, 5.74) is 2.22. The van der Waals surface area contributed by atoms with Gasteiger partial charge in [-0.25, -0.2) is 4.98 Å². The van der Waals surface area contributed by atoms with Gasteiger partial charge in [-0.3, -0.25) is 4.79 Å². The zero-order valence-corrected chi connectivity index (χ0v) is 16.5. The first-order valence-corrected chi connectivity index (χ1v) is 10.3. The van der Waals surface area contributed by atoms with Gasteiger partial charge in [-0.15, -0.1) is 11.3 Å². The topological polar surface area (TPSA) is 62.2 Å². The quantitative estimate of drug-likeness (QED) is 0.550. The van der Waals surface area contributed by atoms with Crippen molar-refractivity contribution in [2.45, 2.75) is 39.0 Å². The van der Waals surface area contributed by atoms with Crippen LogP contribution in [-0.4, -0.2) is 29.1 Å². The highest BCUT2D eigenvalue weighted by molar-refractivity contribution is 7.11. The Morgan fingerprint density at radius 3 is 2.78 bits per heavy atom. The summed E-state index contributed by atoms with van der Waals surface area (Å²) in [5, 5.41) is 15.3. The third-order valence-electron chi connectivity index (χ3n) is 4.64. The van der Waals surface area contributed by atoms with Crippen LogP contribution in [0, 0.1) is 6.92 Å². The second kappa shape index (κ2) is 9.62. The first-order valence-electron chi connectivity index (χ1n) is 9.46. The van der Waals surface area contributed by atoms with E-state index < -0.39 is 0 Å². The molecule has 0 spiro atoms. The van der Waals surface area contributed by atoms with E-state index in [4.69, 9.17) is 10.1 Å². The van der Waals surface area contributed by atoms with E-state index in [0.29, 0.717) is 13.0 Å². The number of unbranched alkanes of at least 4 members (excludes halogenated alkanes) is 2. The van der Waals surface area contributed by atoms with Crippen molar-refractivity contribution in [2.24, 2.45) is 0 Å². The molecule has 5 heteroatoms. The fourth-order valence-corrected chi connectivity index (χ4v) is 4.28. The van der Waals surface area contributed by atoms with Crippen molar-refractivity contribution in [1.82, 2.24) is 10.3 Å². The molecule has 0 unspecified atom stereocenters.